The summed E-state index contributed by atoms with van der Waals surface area (Å²) in [4.78, 5) is 24.9. The molecule has 1 aliphatic rings. The maximum atomic E-state index is 12.7. The molecule has 0 aliphatic carbocycles. The molecular weight excluding hydrogens is 444 g/mol. The molecule has 0 bridgehead atoms. The van der Waals surface area contributed by atoms with E-state index in [1.807, 2.05) is 4.57 Å². The molecule has 2 heterocycles. The van der Waals surface area contributed by atoms with Crippen LogP contribution in [0.2, 0.25) is 0 Å². The first kappa shape index (κ1) is 23.2. The third-order valence-corrected chi connectivity index (χ3v) is 8.11. The Morgan fingerprint density at radius 3 is 2.42 bits per heavy atom. The Hall–Kier alpha value is -2.50. The number of benzene rings is 1. The molecule has 1 aromatic carbocycles. The molecule has 0 saturated carbocycles. The highest BCUT2D eigenvalue weighted by atomic mass is 32.2. The first-order valence-electron chi connectivity index (χ1n) is 9.53. The van der Waals surface area contributed by atoms with Gasteiger partial charge in [0.1, 0.15) is 0 Å². The molecule has 0 spiro atoms. The summed E-state index contributed by atoms with van der Waals surface area (Å²) in [6.45, 7) is 4.59. The van der Waals surface area contributed by atoms with Crippen LogP contribution in [0.15, 0.2) is 29.2 Å². The van der Waals surface area contributed by atoms with E-state index in [2.05, 4.69) is 0 Å². The van der Waals surface area contributed by atoms with Crippen LogP contribution in [0.1, 0.15) is 50.1 Å². The third kappa shape index (κ3) is 4.89. The predicted octanol–water partition coefficient (Wildman–Crippen LogP) is 1.46. The zero-order valence-electron chi connectivity index (χ0n) is 17.4. The van der Waals surface area contributed by atoms with Crippen LogP contribution in [-0.2, 0) is 24.6 Å². The number of aryl methyl sites for hydroxylation is 2. The Morgan fingerprint density at radius 1 is 1.16 bits per heavy atom. The van der Waals surface area contributed by atoms with E-state index in [1.165, 1.54) is 12.1 Å². The Morgan fingerprint density at radius 2 is 1.84 bits per heavy atom. The molecular formula is C20H24N2O7S2. The summed E-state index contributed by atoms with van der Waals surface area (Å²) in [5.41, 5.74) is 2.20. The van der Waals surface area contributed by atoms with Gasteiger partial charge in [-0.05, 0) is 51.0 Å². The van der Waals surface area contributed by atoms with Crippen molar-refractivity contribution >= 4 is 31.6 Å². The SMILES string of the molecule is Cc1ccc(S(N)(=O)=O)cc1C(=O)OCC(=O)c1cc(C)n(C2CCS(=O)(=O)C2)c1C. The summed E-state index contributed by atoms with van der Waals surface area (Å²) < 4.78 is 53.7. The largest absolute Gasteiger partial charge is 0.454 e. The number of esters is 1. The van der Waals surface area contributed by atoms with Gasteiger partial charge in [0, 0.05) is 23.0 Å². The van der Waals surface area contributed by atoms with Gasteiger partial charge in [0.05, 0.1) is 22.0 Å². The number of sulfone groups is 1. The van der Waals surface area contributed by atoms with Gasteiger partial charge in [-0.2, -0.15) is 0 Å². The number of primary sulfonamides is 1. The summed E-state index contributed by atoms with van der Waals surface area (Å²) in [5, 5.41) is 5.10. The average Bonchev–Trinajstić information content (AvgIpc) is 3.16. The fraction of sp³-hybridized carbons (Fsp3) is 0.400. The van der Waals surface area contributed by atoms with Crippen LogP contribution < -0.4 is 5.14 Å². The molecule has 0 amide bonds. The fourth-order valence-corrected chi connectivity index (χ4v) is 6.12. The molecule has 1 aliphatic heterocycles. The summed E-state index contributed by atoms with van der Waals surface area (Å²) >= 11 is 0. The number of hydrogen-bond acceptors (Lipinski definition) is 7. The molecule has 1 unspecified atom stereocenters. The van der Waals surface area contributed by atoms with Crippen molar-refractivity contribution < 1.29 is 31.2 Å². The average molecular weight is 469 g/mol. The van der Waals surface area contributed by atoms with Gasteiger partial charge in [-0.3, -0.25) is 4.79 Å². The van der Waals surface area contributed by atoms with Crippen molar-refractivity contribution in [3.05, 3.63) is 52.3 Å². The van der Waals surface area contributed by atoms with Crippen molar-refractivity contribution in [2.45, 2.75) is 38.1 Å². The minimum atomic E-state index is -3.99. The van der Waals surface area contributed by atoms with E-state index in [0.29, 0.717) is 23.2 Å². The standard InChI is InChI=1S/C20H24N2O7S2/c1-12-4-5-16(31(21,27)28)9-17(12)20(24)29-10-19(23)18-8-13(2)22(14(18)3)15-6-7-30(25,26)11-15/h4-5,8-9,15H,6-7,10-11H2,1-3H3,(H2,21,27,28). The maximum absolute atomic E-state index is 12.7. The van der Waals surface area contributed by atoms with Crippen molar-refractivity contribution in [2.75, 3.05) is 18.1 Å². The Labute approximate surface area is 181 Å². The number of rotatable bonds is 6. The van der Waals surface area contributed by atoms with Crippen molar-refractivity contribution in [3.8, 4) is 0 Å². The summed E-state index contributed by atoms with van der Waals surface area (Å²) in [6.07, 6.45) is 0.487. The third-order valence-electron chi connectivity index (χ3n) is 5.45. The van der Waals surface area contributed by atoms with Crippen molar-refractivity contribution in [1.29, 1.82) is 0 Å². The second-order valence-electron chi connectivity index (χ2n) is 7.73. The van der Waals surface area contributed by atoms with Crippen molar-refractivity contribution in [2.24, 2.45) is 5.14 Å². The quantitative estimate of drug-likeness (QED) is 0.499. The Balaban J connectivity index is 1.76. The monoisotopic (exact) mass is 468 g/mol. The van der Waals surface area contributed by atoms with Gasteiger partial charge in [0.15, 0.2) is 16.4 Å². The lowest BCUT2D eigenvalue weighted by Gasteiger charge is -2.16. The number of nitrogens with two attached hydrogens (primary N) is 1. The van der Waals surface area contributed by atoms with E-state index in [-0.39, 0.29) is 28.0 Å². The van der Waals surface area contributed by atoms with Gasteiger partial charge in [-0.25, -0.2) is 26.8 Å². The van der Waals surface area contributed by atoms with Gasteiger partial charge >= 0.3 is 5.97 Å². The number of sulfonamides is 1. The highest BCUT2D eigenvalue weighted by Gasteiger charge is 2.31. The summed E-state index contributed by atoms with van der Waals surface area (Å²) in [6, 6.07) is 5.26. The molecule has 1 aromatic heterocycles. The topological polar surface area (TPSA) is 143 Å². The zero-order chi connectivity index (χ0) is 23.1. The molecule has 1 atom stereocenters. The van der Waals surface area contributed by atoms with Gasteiger partial charge in [-0.15, -0.1) is 0 Å². The lowest BCUT2D eigenvalue weighted by Crippen LogP contribution is -2.18. The highest BCUT2D eigenvalue weighted by Crippen LogP contribution is 2.29. The number of hydrogen-bond donors (Lipinski definition) is 1. The normalized spacial score (nSPS) is 18.1. The molecule has 3 rings (SSSR count). The molecule has 2 N–H and O–H groups in total. The predicted molar refractivity (Wildman–Crippen MR) is 113 cm³/mol. The molecule has 11 heteroatoms. The molecule has 1 fully saturated rings. The molecule has 31 heavy (non-hydrogen) atoms. The maximum Gasteiger partial charge on any atom is 0.338 e. The molecule has 168 valence electrons. The number of aromatic nitrogens is 1. The number of Topliss-reactive ketones (excluding diaryl/α,β-unsaturated/α-hetero) is 1. The molecule has 1 saturated heterocycles. The van der Waals surface area contributed by atoms with Crippen LogP contribution >= 0.6 is 0 Å². The lowest BCUT2D eigenvalue weighted by atomic mass is 10.1. The summed E-state index contributed by atoms with van der Waals surface area (Å²) in [7, 11) is -7.08. The van der Waals surface area contributed by atoms with Crippen LogP contribution in [0, 0.1) is 20.8 Å². The number of carbonyl (C=O) groups is 2. The van der Waals surface area contributed by atoms with Crippen molar-refractivity contribution in [1.82, 2.24) is 4.57 Å². The van der Waals surface area contributed by atoms with E-state index in [1.54, 1.807) is 26.8 Å². The first-order chi connectivity index (χ1) is 14.3. The highest BCUT2D eigenvalue weighted by molar-refractivity contribution is 7.91. The Kier molecular flexibility index (Phi) is 6.14. The van der Waals surface area contributed by atoms with Crippen LogP contribution in [0.4, 0.5) is 0 Å². The summed E-state index contributed by atoms with van der Waals surface area (Å²) in [5.74, 6) is -1.13. The number of carbonyl (C=O) groups excluding carboxylic acids is 2. The van der Waals surface area contributed by atoms with Crippen molar-refractivity contribution in [3.63, 3.8) is 0 Å². The van der Waals surface area contributed by atoms with Gasteiger partial charge < -0.3 is 9.30 Å². The van der Waals surface area contributed by atoms with E-state index in [0.717, 1.165) is 11.8 Å². The number of nitrogens with zero attached hydrogens (tertiary/aromatic N) is 1. The fourth-order valence-electron chi connectivity index (χ4n) is 3.88. The van der Waals surface area contributed by atoms with Gasteiger partial charge in [-0.1, -0.05) is 6.07 Å². The second kappa shape index (κ2) is 8.21. The molecule has 9 nitrogen and oxygen atoms in total. The molecule has 2 aromatic rings. The molecule has 0 radical (unpaired) electrons. The van der Waals surface area contributed by atoms with E-state index in [9.17, 15) is 26.4 Å². The van der Waals surface area contributed by atoms with Crippen LogP contribution in [0.3, 0.4) is 0 Å². The van der Waals surface area contributed by atoms with Gasteiger partial charge in [0.2, 0.25) is 15.8 Å². The second-order valence-corrected chi connectivity index (χ2v) is 11.5. The zero-order valence-corrected chi connectivity index (χ0v) is 19.0. The lowest BCUT2D eigenvalue weighted by molar-refractivity contribution is 0.0473. The first-order valence-corrected chi connectivity index (χ1v) is 12.9. The van der Waals surface area contributed by atoms with Gasteiger partial charge in [0.25, 0.3) is 0 Å². The minimum Gasteiger partial charge on any atom is -0.454 e. The smallest absolute Gasteiger partial charge is 0.338 e. The Bertz CT molecular complexity index is 1270. The van der Waals surface area contributed by atoms with E-state index < -0.39 is 38.2 Å². The number of ketones is 1. The van der Waals surface area contributed by atoms with Crippen LogP contribution in [-0.4, -0.2) is 51.3 Å². The number of ether oxygens (including phenoxy) is 1. The van der Waals surface area contributed by atoms with E-state index >= 15 is 0 Å². The van der Waals surface area contributed by atoms with Crippen LogP contribution in [0.25, 0.3) is 0 Å². The van der Waals surface area contributed by atoms with Crippen LogP contribution in [0.5, 0.6) is 0 Å². The van der Waals surface area contributed by atoms with E-state index in [4.69, 9.17) is 9.88 Å². The minimum absolute atomic E-state index is 0.000889.